The van der Waals surface area contributed by atoms with Gasteiger partial charge in [-0.2, -0.15) is 0 Å². The van der Waals surface area contributed by atoms with Crippen LogP contribution in [0.15, 0.2) is 54.7 Å². The Balaban J connectivity index is 1.28. The molecular formula is C31H38ClN6O2Si. The molecule has 0 aliphatic carbocycles. The van der Waals surface area contributed by atoms with Crippen molar-refractivity contribution in [3.05, 3.63) is 71.5 Å². The predicted molar refractivity (Wildman–Crippen MR) is 166 cm³/mol. The van der Waals surface area contributed by atoms with E-state index in [1.54, 1.807) is 0 Å². The van der Waals surface area contributed by atoms with Crippen molar-refractivity contribution in [2.24, 2.45) is 0 Å². The Labute approximate surface area is 248 Å². The van der Waals surface area contributed by atoms with Crippen molar-refractivity contribution in [1.29, 1.82) is 0 Å². The molecule has 1 aliphatic rings. The van der Waals surface area contributed by atoms with E-state index in [-0.39, 0.29) is 12.1 Å². The van der Waals surface area contributed by atoms with E-state index in [0.29, 0.717) is 5.15 Å². The van der Waals surface area contributed by atoms with Crippen LogP contribution in [-0.4, -0.2) is 47.0 Å². The van der Waals surface area contributed by atoms with Gasteiger partial charge in [0, 0.05) is 14.4 Å². The lowest BCUT2D eigenvalue weighted by Crippen LogP contribution is -2.36. The summed E-state index contributed by atoms with van der Waals surface area (Å²) in [4.78, 5) is 28.5. The molecule has 0 bridgehead atoms. The fourth-order valence-corrected chi connectivity index (χ4v) is 6.40. The van der Waals surface area contributed by atoms with Gasteiger partial charge in [-0.1, -0.05) is 73.2 Å². The Morgan fingerprint density at radius 3 is 2.27 bits per heavy atom. The topological polar surface area (TPSA) is 108 Å². The maximum Gasteiger partial charge on any atom is 0.408 e. The first-order chi connectivity index (χ1) is 19.6. The summed E-state index contributed by atoms with van der Waals surface area (Å²) in [7, 11) is -0.631. The van der Waals surface area contributed by atoms with E-state index in [2.05, 4.69) is 87.2 Å². The largest absolute Gasteiger partial charge is 0.444 e. The predicted octanol–water partition coefficient (Wildman–Crippen LogP) is 7.53. The van der Waals surface area contributed by atoms with Gasteiger partial charge in [-0.3, -0.25) is 0 Å². The van der Waals surface area contributed by atoms with Crippen molar-refractivity contribution in [3.63, 3.8) is 0 Å². The number of carbonyl (C=O) groups excluding carboxylic acids is 1. The van der Waals surface area contributed by atoms with E-state index in [0.717, 1.165) is 70.7 Å². The number of benzene rings is 2. The summed E-state index contributed by atoms with van der Waals surface area (Å²) >= 11 is 6.51. The van der Waals surface area contributed by atoms with Crippen LogP contribution in [0.3, 0.4) is 0 Å². The fraction of sp³-hybridized carbons (Fsp3) is 0.387. The number of alkyl carbamates (subject to hydrolysis) is 1. The third kappa shape index (κ3) is 7.27. The summed E-state index contributed by atoms with van der Waals surface area (Å²) in [6, 6.07) is 17.5. The van der Waals surface area contributed by atoms with Crippen molar-refractivity contribution >= 4 is 26.5 Å². The highest BCUT2D eigenvalue weighted by Gasteiger charge is 2.24. The van der Waals surface area contributed by atoms with Gasteiger partial charge in [-0.25, -0.2) is 14.8 Å². The first kappa shape index (κ1) is 29.1. The van der Waals surface area contributed by atoms with Crippen LogP contribution in [0.1, 0.15) is 57.3 Å². The molecule has 0 saturated carbocycles. The molecule has 0 unspecified atom stereocenters. The molecule has 2 aromatic heterocycles. The van der Waals surface area contributed by atoms with Gasteiger partial charge in [0.25, 0.3) is 0 Å². The molecule has 1 saturated heterocycles. The van der Waals surface area contributed by atoms with E-state index >= 15 is 0 Å². The molecule has 215 valence electrons. The van der Waals surface area contributed by atoms with Crippen LogP contribution in [0.25, 0.3) is 33.6 Å². The molecule has 1 radical (unpaired) electrons. The van der Waals surface area contributed by atoms with Crippen molar-refractivity contribution in [2.45, 2.75) is 70.4 Å². The summed E-state index contributed by atoms with van der Waals surface area (Å²) in [5.41, 5.74) is 5.36. The molecule has 1 amide bonds. The average molecular weight is 590 g/mol. The molecule has 2 atom stereocenters. The number of aromatic amines is 2. The lowest BCUT2D eigenvalue weighted by Gasteiger charge is -2.23. The van der Waals surface area contributed by atoms with Crippen molar-refractivity contribution < 1.29 is 9.53 Å². The number of nitrogens with zero attached hydrogens (tertiary/aromatic N) is 2. The van der Waals surface area contributed by atoms with Crippen molar-refractivity contribution in [3.8, 4) is 33.6 Å². The van der Waals surface area contributed by atoms with Crippen LogP contribution >= 0.6 is 11.6 Å². The monoisotopic (exact) mass is 589 g/mol. The second kappa shape index (κ2) is 12.2. The zero-order valence-corrected chi connectivity index (χ0v) is 26.0. The smallest absolute Gasteiger partial charge is 0.408 e. The number of halogens is 1. The zero-order chi connectivity index (χ0) is 29.1. The number of aromatic nitrogens is 4. The number of H-pyrrole nitrogens is 2. The molecular weight excluding hydrogens is 552 g/mol. The van der Waals surface area contributed by atoms with Gasteiger partial charge in [-0.05, 0) is 62.9 Å². The molecule has 10 heteroatoms. The van der Waals surface area contributed by atoms with Crippen LogP contribution < -0.4 is 10.6 Å². The number of hydrogen-bond acceptors (Lipinski definition) is 5. The minimum atomic E-state index is -0.631. The Hall–Kier alpha value is -3.40. The second-order valence-corrected chi connectivity index (χ2v) is 15.1. The maximum absolute atomic E-state index is 12.5. The van der Waals surface area contributed by atoms with Gasteiger partial charge in [0.1, 0.15) is 28.1 Å². The first-order valence-corrected chi connectivity index (χ1v) is 17.2. The zero-order valence-electron chi connectivity index (χ0n) is 24.3. The highest BCUT2D eigenvalue weighted by Crippen LogP contribution is 2.32. The summed E-state index contributed by atoms with van der Waals surface area (Å²) in [5.74, 6) is 1.64. The maximum atomic E-state index is 12.5. The highest BCUT2D eigenvalue weighted by atomic mass is 35.5. The van der Waals surface area contributed by atoms with Crippen molar-refractivity contribution in [2.75, 3.05) is 6.54 Å². The SMILES string of the molecule is C[Si](C)C[C@H](NC(=O)OC(C)(C)C)c1ncc(-c2ccc(-c3ccc(-c4nc([C@@H]5CCCN5)[nH]c4Cl)cc3)cc2)[nH]1. The molecule has 3 heterocycles. The van der Waals surface area contributed by atoms with Crippen LogP contribution in [-0.2, 0) is 4.74 Å². The van der Waals surface area contributed by atoms with Crippen LogP contribution in [0, 0.1) is 0 Å². The van der Waals surface area contributed by atoms with E-state index in [1.165, 1.54) is 0 Å². The van der Waals surface area contributed by atoms with Crippen molar-refractivity contribution in [1.82, 2.24) is 30.6 Å². The third-order valence-corrected chi connectivity index (χ3v) is 8.48. The minimum absolute atomic E-state index is 0.228. The second-order valence-electron chi connectivity index (χ2n) is 11.9. The first-order valence-electron chi connectivity index (χ1n) is 14.1. The van der Waals surface area contributed by atoms with E-state index in [9.17, 15) is 4.79 Å². The number of amides is 1. The van der Waals surface area contributed by atoms with Gasteiger partial charge < -0.3 is 25.3 Å². The van der Waals surface area contributed by atoms with E-state index < -0.39 is 20.5 Å². The van der Waals surface area contributed by atoms with Gasteiger partial charge in [0.15, 0.2) is 0 Å². The number of hydrogen-bond donors (Lipinski definition) is 4. The Bertz CT molecular complexity index is 1470. The number of nitrogens with one attached hydrogen (secondary N) is 4. The standard InChI is InChI=1S/C31H38ClN6O2Si/c1-31(2,3)40-30(39)36-25(18-41(4)5)28-34-17-24(35-28)21-12-8-19(9-13-21)20-10-14-22(15-11-20)26-27(32)38-29(37-26)23-7-6-16-33-23/h8-15,17,23,25,33H,6-7,16,18H2,1-5H3,(H,34,35)(H,36,39)(H,37,38)/t23-,25-/m0/s1. The molecule has 4 aromatic rings. The van der Waals surface area contributed by atoms with Crippen LogP contribution in [0.5, 0.6) is 0 Å². The molecule has 1 fully saturated rings. The number of rotatable bonds is 8. The molecule has 41 heavy (non-hydrogen) atoms. The van der Waals surface area contributed by atoms with Gasteiger partial charge in [-0.15, -0.1) is 0 Å². The summed E-state index contributed by atoms with van der Waals surface area (Å²) in [6.45, 7) is 11.0. The highest BCUT2D eigenvalue weighted by molar-refractivity contribution is 6.55. The molecule has 1 aliphatic heterocycles. The Morgan fingerprint density at radius 2 is 1.68 bits per heavy atom. The van der Waals surface area contributed by atoms with Crippen LogP contribution in [0.2, 0.25) is 24.3 Å². The van der Waals surface area contributed by atoms with Gasteiger partial charge >= 0.3 is 6.09 Å². The lowest BCUT2D eigenvalue weighted by atomic mass is 10.0. The van der Waals surface area contributed by atoms with Gasteiger partial charge in [0.05, 0.1) is 24.0 Å². The summed E-state index contributed by atoms with van der Waals surface area (Å²) < 4.78 is 5.48. The molecule has 2 aromatic carbocycles. The van der Waals surface area contributed by atoms with E-state index in [4.69, 9.17) is 21.3 Å². The Morgan fingerprint density at radius 1 is 1.05 bits per heavy atom. The fourth-order valence-electron chi connectivity index (χ4n) is 5.04. The Kier molecular flexibility index (Phi) is 8.68. The summed E-state index contributed by atoms with van der Waals surface area (Å²) in [5, 5.41) is 7.04. The summed E-state index contributed by atoms with van der Waals surface area (Å²) in [6.07, 6.45) is 3.61. The van der Waals surface area contributed by atoms with Crippen LogP contribution in [0.4, 0.5) is 4.79 Å². The minimum Gasteiger partial charge on any atom is -0.444 e. The molecule has 8 nitrogen and oxygen atoms in total. The normalized spacial score (nSPS) is 16.2. The number of carbonyl (C=O) groups is 1. The number of ether oxygens (including phenoxy) is 1. The van der Waals surface area contributed by atoms with Gasteiger partial charge in [0.2, 0.25) is 0 Å². The lowest BCUT2D eigenvalue weighted by molar-refractivity contribution is 0.0506. The molecule has 5 rings (SSSR count). The average Bonchev–Trinajstić information content (AvgIpc) is 3.68. The van der Waals surface area contributed by atoms with E-state index in [1.807, 2.05) is 27.0 Å². The number of imidazole rings is 2. The molecule has 0 spiro atoms. The quantitative estimate of drug-likeness (QED) is 0.159. The third-order valence-electron chi connectivity index (χ3n) is 6.98. The molecule has 4 N–H and O–H groups in total.